The van der Waals surface area contributed by atoms with Gasteiger partial charge in [0.25, 0.3) is 0 Å². The summed E-state index contributed by atoms with van der Waals surface area (Å²) >= 11 is 0. The predicted octanol–water partition coefficient (Wildman–Crippen LogP) is 1.89. The lowest BCUT2D eigenvalue weighted by molar-refractivity contribution is 0.313. The van der Waals surface area contributed by atoms with Crippen molar-refractivity contribution in [3.8, 4) is 5.75 Å². The van der Waals surface area contributed by atoms with Crippen molar-refractivity contribution in [3.63, 3.8) is 0 Å². The summed E-state index contributed by atoms with van der Waals surface area (Å²) in [6.45, 7) is 3.26. The van der Waals surface area contributed by atoms with Gasteiger partial charge in [-0.25, -0.2) is 14.6 Å². The van der Waals surface area contributed by atoms with Gasteiger partial charge in [0.05, 0.1) is 12.8 Å². The number of ether oxygens (including phenoxy) is 1. The third-order valence-corrected chi connectivity index (χ3v) is 4.02. The van der Waals surface area contributed by atoms with E-state index in [1.54, 1.807) is 12.4 Å². The lowest BCUT2D eigenvalue weighted by Gasteiger charge is -2.19. The minimum atomic E-state index is 0.414. The first-order chi connectivity index (χ1) is 12.4. The van der Waals surface area contributed by atoms with E-state index in [-0.39, 0.29) is 0 Å². The molecule has 3 aromatic heterocycles. The van der Waals surface area contributed by atoms with Crippen molar-refractivity contribution >= 4 is 22.9 Å². The molecule has 1 saturated heterocycles. The van der Waals surface area contributed by atoms with Crippen LogP contribution in [-0.2, 0) is 0 Å². The van der Waals surface area contributed by atoms with Gasteiger partial charge >= 0.3 is 0 Å². The number of aromatic nitrogens is 5. The van der Waals surface area contributed by atoms with Gasteiger partial charge in [-0.05, 0) is 41.7 Å². The molecule has 4 heterocycles. The Morgan fingerprint density at radius 3 is 2.80 bits per heavy atom. The third-order valence-electron chi connectivity index (χ3n) is 4.02. The molecule has 130 valence electrons. The van der Waals surface area contributed by atoms with Crippen molar-refractivity contribution in [3.05, 3.63) is 24.5 Å². The number of hydrogen-bond acceptors (Lipinski definition) is 9. The zero-order chi connectivity index (χ0) is 16.9. The zero-order valence-electron chi connectivity index (χ0n) is 13.8. The molecule has 0 saturated carbocycles. The molecule has 0 aromatic carbocycles. The quantitative estimate of drug-likeness (QED) is 0.645. The number of anilines is 2. The maximum absolute atomic E-state index is 5.65. The monoisotopic (exact) mass is 341 g/mol. The number of fused-ring (bicyclic) bond motifs is 1. The van der Waals surface area contributed by atoms with E-state index >= 15 is 0 Å². The average molecular weight is 341 g/mol. The maximum Gasteiger partial charge on any atom is 0.245 e. The molecule has 0 radical (unpaired) electrons. The molecule has 0 aliphatic carbocycles. The smallest absolute Gasteiger partial charge is 0.245 e. The summed E-state index contributed by atoms with van der Waals surface area (Å²) in [5, 5.41) is 10.9. The van der Waals surface area contributed by atoms with Crippen LogP contribution in [0, 0.1) is 0 Å². The fourth-order valence-corrected chi connectivity index (χ4v) is 2.80. The van der Waals surface area contributed by atoms with Crippen LogP contribution in [0.15, 0.2) is 29.2 Å². The van der Waals surface area contributed by atoms with Crippen LogP contribution in [0.3, 0.4) is 0 Å². The Labute approximate surface area is 144 Å². The second kappa shape index (κ2) is 7.29. The molecule has 0 bridgehead atoms. The molecule has 4 rings (SSSR count). The van der Waals surface area contributed by atoms with Gasteiger partial charge in [-0.1, -0.05) is 0 Å². The van der Waals surface area contributed by atoms with Gasteiger partial charge in [0.1, 0.15) is 5.75 Å². The predicted molar refractivity (Wildman–Crippen MR) is 91.7 cm³/mol. The van der Waals surface area contributed by atoms with E-state index in [9.17, 15) is 0 Å². The Bertz CT molecular complexity index is 818. The van der Waals surface area contributed by atoms with Crippen LogP contribution in [-0.4, -0.2) is 51.5 Å². The van der Waals surface area contributed by atoms with Crippen molar-refractivity contribution in [1.29, 1.82) is 0 Å². The number of hydrogen-bond donors (Lipinski definition) is 1. The Morgan fingerprint density at radius 2 is 2.00 bits per heavy atom. The van der Waals surface area contributed by atoms with E-state index in [4.69, 9.17) is 9.37 Å². The molecular formula is C16H19N7O2. The topological polar surface area (TPSA) is 102 Å². The maximum atomic E-state index is 5.65. The van der Waals surface area contributed by atoms with E-state index in [0.717, 1.165) is 43.9 Å². The largest absolute Gasteiger partial charge is 0.492 e. The second-order valence-corrected chi connectivity index (χ2v) is 5.82. The molecule has 0 spiro atoms. The van der Waals surface area contributed by atoms with Gasteiger partial charge in [-0.15, -0.1) is 0 Å². The standard InChI is InChI=1S/C16H19N7O2/c1-2-9-23(8-1)16-15(19-13-14(20-16)22-25-21-13)18-7-4-10-24-12-5-3-6-17-11-12/h3,5-6,11H,1-2,4,7-10H2,(H,18,19,21). The lowest BCUT2D eigenvalue weighted by Crippen LogP contribution is -2.22. The van der Waals surface area contributed by atoms with Gasteiger partial charge < -0.3 is 15.0 Å². The SMILES string of the molecule is c1cncc(OCCCNc2nc3nonc3nc2N2CCCC2)c1. The normalized spacial score (nSPS) is 14.2. The van der Waals surface area contributed by atoms with Crippen molar-refractivity contribution < 1.29 is 9.37 Å². The Morgan fingerprint density at radius 1 is 1.16 bits per heavy atom. The molecular weight excluding hydrogens is 322 g/mol. The fourth-order valence-electron chi connectivity index (χ4n) is 2.80. The zero-order valence-corrected chi connectivity index (χ0v) is 13.8. The molecule has 9 nitrogen and oxygen atoms in total. The first-order valence-electron chi connectivity index (χ1n) is 8.42. The lowest BCUT2D eigenvalue weighted by atomic mass is 10.4. The molecule has 0 unspecified atom stereocenters. The van der Waals surface area contributed by atoms with Crippen molar-refractivity contribution in [2.24, 2.45) is 0 Å². The molecule has 1 fully saturated rings. The van der Waals surface area contributed by atoms with Gasteiger partial charge in [0.2, 0.25) is 11.3 Å². The third kappa shape index (κ3) is 3.59. The number of nitrogens with one attached hydrogen (secondary N) is 1. The summed E-state index contributed by atoms with van der Waals surface area (Å²) in [4.78, 5) is 15.3. The van der Waals surface area contributed by atoms with Crippen molar-refractivity contribution in [2.45, 2.75) is 19.3 Å². The van der Waals surface area contributed by atoms with Crippen molar-refractivity contribution in [1.82, 2.24) is 25.3 Å². The summed E-state index contributed by atoms with van der Waals surface area (Å²) in [5.74, 6) is 2.30. The Kier molecular flexibility index (Phi) is 4.53. The van der Waals surface area contributed by atoms with Crippen LogP contribution < -0.4 is 15.0 Å². The van der Waals surface area contributed by atoms with E-state index in [0.29, 0.717) is 30.3 Å². The number of nitrogens with zero attached hydrogens (tertiary/aromatic N) is 6. The van der Waals surface area contributed by atoms with E-state index in [1.165, 1.54) is 0 Å². The van der Waals surface area contributed by atoms with E-state index < -0.39 is 0 Å². The molecule has 1 aliphatic rings. The number of rotatable bonds is 7. The Balaban J connectivity index is 1.38. The average Bonchev–Trinajstić information content (AvgIpc) is 3.33. The fraction of sp³-hybridized carbons (Fsp3) is 0.438. The van der Waals surface area contributed by atoms with Crippen LogP contribution >= 0.6 is 0 Å². The van der Waals surface area contributed by atoms with Crippen molar-refractivity contribution in [2.75, 3.05) is 36.5 Å². The second-order valence-electron chi connectivity index (χ2n) is 5.82. The molecule has 25 heavy (non-hydrogen) atoms. The van der Waals surface area contributed by atoms with E-state index in [1.807, 2.05) is 12.1 Å². The summed E-state index contributed by atoms with van der Waals surface area (Å²) in [5.41, 5.74) is 0.851. The summed E-state index contributed by atoms with van der Waals surface area (Å²) in [7, 11) is 0. The molecule has 1 N–H and O–H groups in total. The first kappa shape index (κ1) is 15.6. The molecule has 0 amide bonds. The van der Waals surface area contributed by atoms with Crippen LogP contribution in [0.4, 0.5) is 11.6 Å². The van der Waals surface area contributed by atoms with Crippen LogP contribution in [0.5, 0.6) is 5.75 Å². The minimum Gasteiger partial charge on any atom is -0.492 e. The number of pyridine rings is 1. The van der Waals surface area contributed by atoms with Crippen LogP contribution in [0.25, 0.3) is 11.3 Å². The molecule has 1 aliphatic heterocycles. The molecule has 9 heteroatoms. The highest BCUT2D eigenvalue weighted by atomic mass is 16.6. The summed E-state index contributed by atoms with van der Waals surface area (Å²) in [6, 6.07) is 3.75. The van der Waals surface area contributed by atoms with Gasteiger partial charge in [0, 0.05) is 25.8 Å². The van der Waals surface area contributed by atoms with E-state index in [2.05, 4.69) is 35.5 Å². The van der Waals surface area contributed by atoms with Crippen LogP contribution in [0.2, 0.25) is 0 Å². The molecule has 0 atom stereocenters. The Hall–Kier alpha value is -2.97. The minimum absolute atomic E-state index is 0.414. The van der Waals surface area contributed by atoms with Gasteiger partial charge in [-0.2, -0.15) is 0 Å². The molecule has 3 aromatic rings. The van der Waals surface area contributed by atoms with Crippen LogP contribution in [0.1, 0.15) is 19.3 Å². The first-order valence-corrected chi connectivity index (χ1v) is 8.42. The highest BCUT2D eigenvalue weighted by molar-refractivity contribution is 5.74. The van der Waals surface area contributed by atoms with Gasteiger partial charge in [-0.3, -0.25) is 4.98 Å². The highest BCUT2D eigenvalue weighted by Crippen LogP contribution is 2.26. The highest BCUT2D eigenvalue weighted by Gasteiger charge is 2.20. The summed E-state index contributed by atoms with van der Waals surface area (Å²) < 4.78 is 10.4. The summed E-state index contributed by atoms with van der Waals surface area (Å²) in [6.07, 6.45) is 6.58. The van der Waals surface area contributed by atoms with Gasteiger partial charge in [0.15, 0.2) is 11.6 Å².